The minimum atomic E-state index is -0.0965. The van der Waals surface area contributed by atoms with Crippen LogP contribution in [0.15, 0.2) is 30.3 Å². The predicted molar refractivity (Wildman–Crippen MR) is 101 cm³/mol. The fourth-order valence-electron chi connectivity index (χ4n) is 3.18. The Hall–Kier alpha value is -1.63. The molecule has 2 N–H and O–H groups in total. The van der Waals surface area contributed by atoms with Gasteiger partial charge in [-0.1, -0.05) is 30.3 Å². The number of benzene rings is 1. The number of hydrogen-bond acceptors (Lipinski definition) is 4. The fraction of sp³-hybridized carbons (Fsp3) is 0.632. The Labute approximate surface area is 151 Å². The average Bonchev–Trinajstić information content (AvgIpc) is 2.61. The minimum absolute atomic E-state index is 0.000307. The molecule has 1 fully saturated rings. The third-order valence-corrected chi connectivity index (χ3v) is 5.02. The van der Waals surface area contributed by atoms with Crippen LogP contribution in [0.5, 0.6) is 0 Å². The highest BCUT2D eigenvalue weighted by atomic mass is 16.5. The molecule has 1 aromatic rings. The molecule has 2 rings (SSSR count). The number of likely N-dealkylation sites (N-methyl/N-ethyl adjacent to an activating group) is 2. The lowest BCUT2D eigenvalue weighted by molar-refractivity contribution is -0.00571. The fourth-order valence-corrected chi connectivity index (χ4v) is 3.18. The lowest BCUT2D eigenvalue weighted by Crippen LogP contribution is -2.57. The molecule has 6 heteroatoms. The van der Waals surface area contributed by atoms with Gasteiger partial charge in [0.1, 0.15) is 0 Å². The van der Waals surface area contributed by atoms with E-state index in [0.717, 1.165) is 39.1 Å². The normalized spacial score (nSPS) is 16.8. The quantitative estimate of drug-likeness (QED) is 0.748. The van der Waals surface area contributed by atoms with Crippen molar-refractivity contribution >= 4 is 6.03 Å². The summed E-state index contributed by atoms with van der Waals surface area (Å²) in [5, 5.41) is 5.99. The van der Waals surface area contributed by atoms with Gasteiger partial charge >= 0.3 is 6.03 Å². The van der Waals surface area contributed by atoms with Gasteiger partial charge in [-0.3, -0.25) is 0 Å². The number of hydrogen-bond donors (Lipinski definition) is 2. The second-order valence-corrected chi connectivity index (χ2v) is 7.06. The Morgan fingerprint density at radius 2 is 1.80 bits per heavy atom. The molecule has 140 valence electrons. The van der Waals surface area contributed by atoms with Crippen molar-refractivity contribution in [2.45, 2.75) is 24.9 Å². The molecule has 6 nitrogen and oxygen atoms in total. The van der Waals surface area contributed by atoms with Crippen molar-refractivity contribution in [1.82, 2.24) is 20.4 Å². The largest absolute Gasteiger partial charge is 0.381 e. The van der Waals surface area contributed by atoms with Crippen molar-refractivity contribution < 1.29 is 9.53 Å². The smallest absolute Gasteiger partial charge is 0.314 e. The van der Waals surface area contributed by atoms with Crippen LogP contribution in [-0.4, -0.2) is 75.4 Å². The van der Waals surface area contributed by atoms with E-state index in [0.29, 0.717) is 13.1 Å². The molecule has 0 radical (unpaired) electrons. The number of rotatable bonds is 8. The minimum Gasteiger partial charge on any atom is -0.381 e. The van der Waals surface area contributed by atoms with Crippen molar-refractivity contribution in [1.29, 1.82) is 0 Å². The number of urea groups is 1. The van der Waals surface area contributed by atoms with E-state index in [9.17, 15) is 4.79 Å². The molecule has 0 spiro atoms. The summed E-state index contributed by atoms with van der Waals surface area (Å²) in [5.41, 5.74) is 1.28. The molecule has 1 saturated heterocycles. The van der Waals surface area contributed by atoms with Crippen molar-refractivity contribution in [3.05, 3.63) is 35.9 Å². The van der Waals surface area contributed by atoms with Crippen LogP contribution in [0.1, 0.15) is 18.4 Å². The topological polar surface area (TPSA) is 56.8 Å². The summed E-state index contributed by atoms with van der Waals surface area (Å²) in [7, 11) is 6.21. The average molecular weight is 348 g/mol. The maximum Gasteiger partial charge on any atom is 0.314 e. The van der Waals surface area contributed by atoms with Crippen LogP contribution in [0, 0.1) is 0 Å². The lowest BCUT2D eigenvalue weighted by atomic mass is 9.88. The SMILES string of the molecule is CN(CCNC(=O)NCC1(N(C)C)CCOCC1)Cc1ccccc1. The molecule has 25 heavy (non-hydrogen) atoms. The van der Waals surface area contributed by atoms with Gasteiger partial charge in [0.15, 0.2) is 0 Å². The summed E-state index contributed by atoms with van der Waals surface area (Å²) >= 11 is 0. The van der Waals surface area contributed by atoms with Gasteiger partial charge in [0.25, 0.3) is 0 Å². The lowest BCUT2D eigenvalue weighted by Gasteiger charge is -2.42. The van der Waals surface area contributed by atoms with Gasteiger partial charge < -0.3 is 25.2 Å². The number of nitrogens with zero attached hydrogens (tertiary/aromatic N) is 2. The van der Waals surface area contributed by atoms with Crippen LogP contribution in [0.25, 0.3) is 0 Å². The number of amides is 2. The van der Waals surface area contributed by atoms with E-state index in [1.807, 2.05) is 18.2 Å². The summed E-state index contributed by atoms with van der Waals surface area (Å²) in [5.74, 6) is 0. The van der Waals surface area contributed by atoms with E-state index in [1.165, 1.54) is 5.56 Å². The van der Waals surface area contributed by atoms with Crippen molar-refractivity contribution in [3.63, 3.8) is 0 Å². The first-order valence-corrected chi connectivity index (χ1v) is 9.01. The Kier molecular flexibility index (Phi) is 7.68. The Bertz CT molecular complexity index is 515. The first-order chi connectivity index (χ1) is 12.0. The number of carbonyl (C=O) groups is 1. The van der Waals surface area contributed by atoms with Crippen LogP contribution in [-0.2, 0) is 11.3 Å². The van der Waals surface area contributed by atoms with Gasteiger partial charge in [-0.2, -0.15) is 0 Å². The molecule has 0 bridgehead atoms. The Morgan fingerprint density at radius 1 is 1.12 bits per heavy atom. The third kappa shape index (κ3) is 6.30. The van der Waals surface area contributed by atoms with E-state index < -0.39 is 0 Å². The van der Waals surface area contributed by atoms with Crippen molar-refractivity contribution in [2.75, 3.05) is 54.0 Å². The summed E-state index contributed by atoms with van der Waals surface area (Å²) in [4.78, 5) is 16.5. The molecule has 0 saturated carbocycles. The number of carbonyl (C=O) groups excluding carboxylic acids is 1. The molecule has 0 unspecified atom stereocenters. The van der Waals surface area contributed by atoms with Crippen molar-refractivity contribution in [3.8, 4) is 0 Å². The predicted octanol–water partition coefficient (Wildman–Crippen LogP) is 1.53. The second-order valence-electron chi connectivity index (χ2n) is 7.06. The molecular formula is C19H32N4O2. The highest BCUT2D eigenvalue weighted by Crippen LogP contribution is 2.24. The van der Waals surface area contributed by atoms with Crippen LogP contribution in [0.4, 0.5) is 4.79 Å². The first-order valence-electron chi connectivity index (χ1n) is 9.01. The summed E-state index contributed by atoms with van der Waals surface area (Å²) in [6.45, 7) is 4.49. The van der Waals surface area contributed by atoms with E-state index in [-0.39, 0.29) is 11.6 Å². The third-order valence-electron chi connectivity index (χ3n) is 5.02. The molecule has 0 aromatic heterocycles. The molecule has 1 aliphatic heterocycles. The molecular weight excluding hydrogens is 316 g/mol. The first kappa shape index (κ1) is 19.7. The molecule has 0 aliphatic carbocycles. The molecule has 2 amide bonds. The zero-order chi connectivity index (χ0) is 18.1. The van der Waals surface area contributed by atoms with E-state index >= 15 is 0 Å². The van der Waals surface area contributed by atoms with Gasteiger partial charge in [-0.05, 0) is 39.5 Å². The Morgan fingerprint density at radius 3 is 2.44 bits per heavy atom. The highest BCUT2D eigenvalue weighted by molar-refractivity contribution is 5.73. The molecule has 0 atom stereocenters. The number of nitrogens with one attached hydrogen (secondary N) is 2. The van der Waals surface area contributed by atoms with Gasteiger partial charge in [0, 0.05) is 44.9 Å². The maximum atomic E-state index is 12.1. The maximum absolute atomic E-state index is 12.1. The zero-order valence-corrected chi connectivity index (χ0v) is 15.8. The molecule has 1 aliphatic rings. The van der Waals surface area contributed by atoms with Gasteiger partial charge in [0.2, 0.25) is 0 Å². The van der Waals surface area contributed by atoms with Gasteiger partial charge in [0.05, 0.1) is 0 Å². The van der Waals surface area contributed by atoms with Crippen LogP contribution >= 0.6 is 0 Å². The Balaban J connectivity index is 1.66. The van der Waals surface area contributed by atoms with Crippen molar-refractivity contribution in [2.24, 2.45) is 0 Å². The number of ether oxygens (including phenoxy) is 1. The van der Waals surface area contributed by atoms with Crippen LogP contribution in [0.2, 0.25) is 0 Å². The summed E-state index contributed by atoms with van der Waals surface area (Å²) in [6, 6.07) is 10.3. The van der Waals surface area contributed by atoms with Crippen LogP contribution < -0.4 is 10.6 Å². The molecule has 1 heterocycles. The monoisotopic (exact) mass is 348 g/mol. The highest BCUT2D eigenvalue weighted by Gasteiger charge is 2.34. The van der Waals surface area contributed by atoms with E-state index in [1.54, 1.807) is 0 Å². The van der Waals surface area contributed by atoms with Gasteiger partial charge in [-0.15, -0.1) is 0 Å². The standard InChI is InChI=1S/C19H32N4O2/c1-22(2)19(9-13-25-14-10-19)16-21-18(24)20-11-12-23(3)15-17-7-5-4-6-8-17/h4-8H,9-16H2,1-3H3,(H2,20,21,24). The molecule has 1 aromatic carbocycles. The summed E-state index contributed by atoms with van der Waals surface area (Å²) in [6.07, 6.45) is 1.89. The second kappa shape index (κ2) is 9.75. The van der Waals surface area contributed by atoms with E-state index in [2.05, 4.69) is 53.7 Å². The van der Waals surface area contributed by atoms with E-state index in [4.69, 9.17) is 4.74 Å². The summed E-state index contributed by atoms with van der Waals surface area (Å²) < 4.78 is 5.46. The zero-order valence-electron chi connectivity index (χ0n) is 15.8. The van der Waals surface area contributed by atoms with Crippen LogP contribution in [0.3, 0.4) is 0 Å². The van der Waals surface area contributed by atoms with Gasteiger partial charge in [-0.25, -0.2) is 4.79 Å².